The van der Waals surface area contributed by atoms with Crippen LogP contribution in [0.25, 0.3) is 0 Å². The molecule has 0 heterocycles. The van der Waals surface area contributed by atoms with Gasteiger partial charge in [0.25, 0.3) is 0 Å². The zero-order valence-corrected chi connectivity index (χ0v) is 10.8. The Labute approximate surface area is 104 Å². The van der Waals surface area contributed by atoms with Crippen LogP contribution in [0.5, 0.6) is 0 Å². The molecule has 0 radical (unpaired) electrons. The molecule has 0 aromatic rings. The summed E-state index contributed by atoms with van der Waals surface area (Å²) in [6.07, 6.45) is 9.45. The number of rotatable bonds is 3. The first-order valence-corrected chi connectivity index (χ1v) is 7.04. The van der Waals surface area contributed by atoms with Crippen molar-refractivity contribution < 1.29 is 14.6 Å². The van der Waals surface area contributed by atoms with Gasteiger partial charge in [-0.25, -0.2) is 4.79 Å². The highest BCUT2D eigenvalue weighted by atomic mass is 16.5. The zero-order valence-electron chi connectivity index (χ0n) is 10.8. The summed E-state index contributed by atoms with van der Waals surface area (Å²) in [6, 6.07) is 0. The van der Waals surface area contributed by atoms with Crippen molar-refractivity contribution in [1.82, 2.24) is 0 Å². The smallest absolute Gasteiger partial charge is 0.335 e. The van der Waals surface area contributed by atoms with Gasteiger partial charge in [0.1, 0.15) is 0 Å². The summed E-state index contributed by atoms with van der Waals surface area (Å²) in [5.41, 5.74) is -0.875. The van der Waals surface area contributed by atoms with Crippen molar-refractivity contribution in [2.75, 3.05) is 0 Å². The van der Waals surface area contributed by atoms with E-state index >= 15 is 0 Å². The van der Waals surface area contributed by atoms with Gasteiger partial charge in [-0.1, -0.05) is 32.6 Å². The molecule has 0 saturated heterocycles. The molecule has 1 N–H and O–H groups in total. The van der Waals surface area contributed by atoms with Crippen LogP contribution < -0.4 is 0 Å². The average molecular weight is 240 g/mol. The Kier molecular flexibility index (Phi) is 4.08. The second-order valence-corrected chi connectivity index (χ2v) is 5.88. The number of carboxylic acids is 1. The van der Waals surface area contributed by atoms with Gasteiger partial charge in [-0.15, -0.1) is 0 Å². The summed E-state index contributed by atoms with van der Waals surface area (Å²) < 4.78 is 6.05. The summed E-state index contributed by atoms with van der Waals surface area (Å²) in [5, 5.41) is 9.51. The fourth-order valence-corrected chi connectivity index (χ4v) is 3.36. The van der Waals surface area contributed by atoms with E-state index < -0.39 is 11.6 Å². The van der Waals surface area contributed by atoms with Gasteiger partial charge in [0.15, 0.2) is 5.60 Å². The molecule has 17 heavy (non-hydrogen) atoms. The molecule has 98 valence electrons. The molecule has 0 spiro atoms. The first-order valence-electron chi connectivity index (χ1n) is 7.04. The number of hydrogen-bond acceptors (Lipinski definition) is 2. The number of ether oxygens (including phenoxy) is 1. The third-order valence-corrected chi connectivity index (χ3v) is 4.29. The standard InChI is InChI=1S/C14H24O3/c1-11-6-5-9-14(10-11,13(15)16)17-12-7-3-2-4-8-12/h11-12H,2-10H2,1H3,(H,15,16). The van der Waals surface area contributed by atoms with Gasteiger partial charge in [0.2, 0.25) is 0 Å². The Morgan fingerprint density at radius 1 is 1.18 bits per heavy atom. The molecule has 2 saturated carbocycles. The van der Waals surface area contributed by atoms with Crippen LogP contribution in [0.2, 0.25) is 0 Å². The molecule has 3 heteroatoms. The Bertz CT molecular complexity index is 271. The summed E-state index contributed by atoms with van der Waals surface area (Å²) in [7, 11) is 0. The summed E-state index contributed by atoms with van der Waals surface area (Å²) in [5.74, 6) is -0.266. The molecule has 0 aromatic heterocycles. The molecule has 3 nitrogen and oxygen atoms in total. The summed E-state index contributed by atoms with van der Waals surface area (Å²) >= 11 is 0. The lowest BCUT2D eigenvalue weighted by atomic mass is 9.78. The topological polar surface area (TPSA) is 46.5 Å². The van der Waals surface area contributed by atoms with Gasteiger partial charge >= 0.3 is 5.97 Å². The van der Waals surface area contributed by atoms with Crippen molar-refractivity contribution in [3.8, 4) is 0 Å². The molecule has 2 rings (SSSR count). The molecule has 2 fully saturated rings. The quantitative estimate of drug-likeness (QED) is 0.822. The van der Waals surface area contributed by atoms with Crippen LogP contribution in [0, 0.1) is 5.92 Å². The minimum Gasteiger partial charge on any atom is -0.479 e. The Morgan fingerprint density at radius 2 is 1.88 bits per heavy atom. The second kappa shape index (κ2) is 5.38. The summed E-state index contributed by atoms with van der Waals surface area (Å²) in [6.45, 7) is 2.14. The largest absolute Gasteiger partial charge is 0.479 e. The van der Waals surface area contributed by atoms with E-state index in [0.717, 1.165) is 25.7 Å². The SMILES string of the molecule is CC1CCCC(OC2CCCCC2)(C(=O)O)C1. The van der Waals surface area contributed by atoms with Crippen LogP contribution in [0.4, 0.5) is 0 Å². The fraction of sp³-hybridized carbons (Fsp3) is 0.929. The second-order valence-electron chi connectivity index (χ2n) is 5.88. The lowest BCUT2D eigenvalue weighted by Gasteiger charge is -2.39. The van der Waals surface area contributed by atoms with Gasteiger partial charge in [-0.2, -0.15) is 0 Å². The van der Waals surface area contributed by atoms with E-state index in [-0.39, 0.29) is 6.10 Å². The highest BCUT2D eigenvalue weighted by Gasteiger charge is 2.44. The molecule has 0 bridgehead atoms. The van der Waals surface area contributed by atoms with Crippen molar-refractivity contribution in [1.29, 1.82) is 0 Å². The first kappa shape index (κ1) is 12.9. The van der Waals surface area contributed by atoms with Crippen LogP contribution in [0.15, 0.2) is 0 Å². The minimum atomic E-state index is -0.875. The van der Waals surface area contributed by atoms with E-state index in [1.165, 1.54) is 19.3 Å². The lowest BCUT2D eigenvalue weighted by molar-refractivity contribution is -0.185. The normalized spacial score (nSPS) is 35.7. The molecule has 2 atom stereocenters. The average Bonchev–Trinajstić information content (AvgIpc) is 2.30. The van der Waals surface area contributed by atoms with Gasteiger partial charge < -0.3 is 9.84 Å². The maximum Gasteiger partial charge on any atom is 0.335 e. The molecular weight excluding hydrogens is 216 g/mol. The maximum absolute atomic E-state index is 11.6. The third-order valence-electron chi connectivity index (χ3n) is 4.29. The highest BCUT2D eigenvalue weighted by molar-refractivity contribution is 5.77. The monoisotopic (exact) mass is 240 g/mol. The number of carboxylic acid groups (broad SMARTS) is 1. The molecular formula is C14H24O3. The number of hydrogen-bond donors (Lipinski definition) is 1. The van der Waals surface area contributed by atoms with E-state index in [4.69, 9.17) is 4.74 Å². The van der Waals surface area contributed by atoms with Crippen molar-refractivity contribution in [3.05, 3.63) is 0 Å². The molecule has 0 amide bonds. The Hall–Kier alpha value is -0.570. The van der Waals surface area contributed by atoms with Crippen LogP contribution in [0.3, 0.4) is 0 Å². The van der Waals surface area contributed by atoms with Gasteiger partial charge in [0, 0.05) is 0 Å². The molecule has 2 aliphatic carbocycles. The predicted molar refractivity (Wildman–Crippen MR) is 66.0 cm³/mol. The fourth-order valence-electron chi connectivity index (χ4n) is 3.36. The Morgan fingerprint density at radius 3 is 2.47 bits per heavy atom. The van der Waals surface area contributed by atoms with E-state index in [2.05, 4.69) is 6.92 Å². The zero-order chi connectivity index (χ0) is 12.3. The van der Waals surface area contributed by atoms with Crippen LogP contribution >= 0.6 is 0 Å². The van der Waals surface area contributed by atoms with Crippen LogP contribution in [0.1, 0.15) is 64.7 Å². The minimum absolute atomic E-state index is 0.185. The van der Waals surface area contributed by atoms with E-state index in [1.807, 2.05) is 0 Å². The van der Waals surface area contributed by atoms with Gasteiger partial charge in [0.05, 0.1) is 6.10 Å². The first-order chi connectivity index (χ1) is 8.12. The van der Waals surface area contributed by atoms with Crippen molar-refractivity contribution in [3.63, 3.8) is 0 Å². The third kappa shape index (κ3) is 3.01. The Balaban J connectivity index is 2.02. The highest BCUT2D eigenvalue weighted by Crippen LogP contribution is 2.38. The van der Waals surface area contributed by atoms with Crippen molar-refractivity contribution in [2.45, 2.75) is 76.4 Å². The van der Waals surface area contributed by atoms with E-state index in [1.54, 1.807) is 0 Å². The van der Waals surface area contributed by atoms with Gasteiger partial charge in [-0.05, 0) is 38.0 Å². The molecule has 2 aliphatic rings. The molecule has 0 aliphatic heterocycles. The van der Waals surface area contributed by atoms with E-state index in [9.17, 15) is 9.90 Å². The lowest BCUT2D eigenvalue weighted by Crippen LogP contribution is -2.48. The van der Waals surface area contributed by atoms with Crippen molar-refractivity contribution in [2.24, 2.45) is 5.92 Å². The molecule has 2 unspecified atom stereocenters. The van der Waals surface area contributed by atoms with Crippen molar-refractivity contribution >= 4 is 5.97 Å². The maximum atomic E-state index is 11.6. The molecule has 0 aromatic carbocycles. The number of aliphatic carboxylic acids is 1. The van der Waals surface area contributed by atoms with Crippen LogP contribution in [-0.4, -0.2) is 22.8 Å². The number of carbonyl (C=O) groups is 1. The van der Waals surface area contributed by atoms with Crippen LogP contribution in [-0.2, 0) is 9.53 Å². The van der Waals surface area contributed by atoms with E-state index in [0.29, 0.717) is 18.8 Å². The predicted octanol–water partition coefficient (Wildman–Crippen LogP) is 3.37. The summed E-state index contributed by atoms with van der Waals surface area (Å²) in [4.78, 5) is 11.6. The van der Waals surface area contributed by atoms with Gasteiger partial charge in [-0.3, -0.25) is 0 Å².